The van der Waals surface area contributed by atoms with Crippen LogP contribution in [0.2, 0.25) is 0 Å². The van der Waals surface area contributed by atoms with E-state index in [4.69, 9.17) is 10.00 Å². The van der Waals surface area contributed by atoms with Gasteiger partial charge in [-0.25, -0.2) is 4.39 Å². The molecule has 136 valence electrons. The van der Waals surface area contributed by atoms with Crippen LogP contribution < -0.4 is 5.32 Å². The predicted octanol–water partition coefficient (Wildman–Crippen LogP) is 4.02. The first-order valence-electron chi connectivity index (χ1n) is 8.79. The van der Waals surface area contributed by atoms with Crippen molar-refractivity contribution in [3.05, 3.63) is 65.0 Å². The lowest BCUT2D eigenvalue weighted by atomic mass is 9.91. The van der Waals surface area contributed by atoms with E-state index in [-0.39, 0.29) is 11.7 Å². The number of halogens is 1. The molecule has 3 aromatic rings. The minimum Gasteiger partial charge on any atom is -0.375 e. The molecule has 0 amide bonds. The first kappa shape index (κ1) is 17.8. The lowest BCUT2D eigenvalue weighted by molar-refractivity contribution is 0.0293. The summed E-state index contributed by atoms with van der Waals surface area (Å²) in [6.07, 6.45) is 2.72. The number of ether oxygens (including phenoxy) is 1. The highest BCUT2D eigenvalue weighted by atomic mass is 32.1. The lowest BCUT2D eigenvalue weighted by Gasteiger charge is -2.25. The Bertz CT molecular complexity index is 976. The van der Waals surface area contributed by atoms with Crippen LogP contribution >= 0.6 is 11.3 Å². The molecule has 0 aliphatic carbocycles. The van der Waals surface area contributed by atoms with Crippen molar-refractivity contribution in [1.82, 2.24) is 10.3 Å². The van der Waals surface area contributed by atoms with Gasteiger partial charge in [0.05, 0.1) is 28.7 Å². The zero-order chi connectivity index (χ0) is 18.6. The normalized spacial score (nSPS) is 16.8. The van der Waals surface area contributed by atoms with Crippen molar-refractivity contribution in [2.24, 2.45) is 0 Å². The summed E-state index contributed by atoms with van der Waals surface area (Å²) in [4.78, 5) is 5.26. The largest absolute Gasteiger partial charge is 0.375 e. The van der Waals surface area contributed by atoms with Crippen molar-refractivity contribution in [3.8, 4) is 27.6 Å². The van der Waals surface area contributed by atoms with Gasteiger partial charge in [-0.1, -0.05) is 24.3 Å². The predicted molar refractivity (Wildman–Crippen MR) is 104 cm³/mol. The summed E-state index contributed by atoms with van der Waals surface area (Å²) in [5, 5.41) is 12.4. The van der Waals surface area contributed by atoms with Gasteiger partial charge >= 0.3 is 0 Å². The second-order valence-electron chi connectivity index (χ2n) is 6.41. The highest BCUT2D eigenvalue weighted by Gasteiger charge is 2.20. The van der Waals surface area contributed by atoms with Gasteiger partial charge in [0.1, 0.15) is 11.9 Å². The molecular weight excluding hydrogens is 361 g/mol. The average Bonchev–Trinajstić information content (AvgIpc) is 3.23. The number of nitriles is 1. The van der Waals surface area contributed by atoms with Crippen LogP contribution in [0.25, 0.3) is 21.6 Å². The molecule has 0 saturated carbocycles. The van der Waals surface area contributed by atoms with Crippen LogP contribution in [0.5, 0.6) is 0 Å². The first-order chi connectivity index (χ1) is 13.3. The Kier molecular flexibility index (Phi) is 5.26. The molecule has 0 radical (unpaired) electrons. The molecule has 0 spiro atoms. The van der Waals surface area contributed by atoms with E-state index in [1.807, 2.05) is 24.4 Å². The Balaban J connectivity index is 1.80. The van der Waals surface area contributed by atoms with Crippen molar-refractivity contribution in [2.45, 2.75) is 12.5 Å². The van der Waals surface area contributed by atoms with Crippen LogP contribution in [0.15, 0.2) is 48.1 Å². The molecule has 2 aromatic carbocycles. The van der Waals surface area contributed by atoms with E-state index in [2.05, 4.69) is 16.4 Å². The van der Waals surface area contributed by atoms with Gasteiger partial charge in [0.2, 0.25) is 0 Å². The molecule has 4 rings (SSSR count). The zero-order valence-corrected chi connectivity index (χ0v) is 15.4. The molecule has 6 heteroatoms. The van der Waals surface area contributed by atoms with Gasteiger partial charge in [-0.05, 0) is 28.8 Å². The fraction of sp³-hybridized carbons (Fsp3) is 0.238. The number of thiazole rings is 1. The second-order valence-corrected chi connectivity index (χ2v) is 7.30. The summed E-state index contributed by atoms with van der Waals surface area (Å²) in [6, 6.07) is 12.7. The highest BCUT2D eigenvalue weighted by molar-refractivity contribution is 7.13. The molecule has 2 heterocycles. The van der Waals surface area contributed by atoms with Crippen molar-refractivity contribution in [2.75, 3.05) is 19.7 Å². The molecule has 0 bridgehead atoms. The number of hydrogen-bond acceptors (Lipinski definition) is 5. The van der Waals surface area contributed by atoms with Gasteiger partial charge in [0, 0.05) is 31.3 Å². The van der Waals surface area contributed by atoms with Crippen LogP contribution in [-0.2, 0) is 11.2 Å². The average molecular weight is 379 g/mol. The lowest BCUT2D eigenvalue weighted by Crippen LogP contribution is -2.39. The van der Waals surface area contributed by atoms with Crippen molar-refractivity contribution in [1.29, 1.82) is 5.26 Å². The van der Waals surface area contributed by atoms with Crippen molar-refractivity contribution < 1.29 is 9.13 Å². The Hall–Kier alpha value is -2.59. The van der Waals surface area contributed by atoms with Crippen LogP contribution in [0.4, 0.5) is 4.39 Å². The molecule has 4 nitrogen and oxygen atoms in total. The van der Waals surface area contributed by atoms with E-state index >= 15 is 0 Å². The Morgan fingerprint density at radius 3 is 2.96 bits per heavy atom. The summed E-state index contributed by atoms with van der Waals surface area (Å²) >= 11 is 1.56. The minimum absolute atomic E-state index is 0.0518. The SMILES string of the molecule is N#Cc1ccc(-c2cccc(C[C@@H]3CNCCO3)c2-c2cncs2)cc1F. The summed E-state index contributed by atoms with van der Waals surface area (Å²) in [7, 11) is 0. The van der Waals surface area contributed by atoms with E-state index in [0.717, 1.165) is 46.6 Å². The molecule has 0 unspecified atom stereocenters. The van der Waals surface area contributed by atoms with Gasteiger partial charge in [-0.15, -0.1) is 11.3 Å². The van der Waals surface area contributed by atoms with Crippen molar-refractivity contribution >= 4 is 11.3 Å². The van der Waals surface area contributed by atoms with Gasteiger partial charge < -0.3 is 10.1 Å². The number of hydrogen-bond donors (Lipinski definition) is 1. The summed E-state index contributed by atoms with van der Waals surface area (Å²) in [5.74, 6) is -0.504. The van der Waals surface area contributed by atoms with Crippen LogP contribution in [-0.4, -0.2) is 30.8 Å². The van der Waals surface area contributed by atoms with Gasteiger partial charge in [-0.3, -0.25) is 4.98 Å². The first-order valence-corrected chi connectivity index (χ1v) is 9.67. The fourth-order valence-corrected chi connectivity index (χ4v) is 4.13. The smallest absolute Gasteiger partial charge is 0.141 e. The topological polar surface area (TPSA) is 57.9 Å². The zero-order valence-electron chi connectivity index (χ0n) is 14.6. The number of benzene rings is 2. The molecule has 1 atom stereocenters. The maximum absolute atomic E-state index is 14.2. The fourth-order valence-electron chi connectivity index (χ4n) is 3.41. The molecule has 27 heavy (non-hydrogen) atoms. The molecule has 1 aromatic heterocycles. The Morgan fingerprint density at radius 2 is 2.26 bits per heavy atom. The van der Waals surface area contributed by atoms with E-state index in [1.54, 1.807) is 22.9 Å². The Labute approximate surface area is 161 Å². The molecule has 1 fully saturated rings. The maximum Gasteiger partial charge on any atom is 0.141 e. The van der Waals surface area contributed by atoms with E-state index in [9.17, 15) is 4.39 Å². The van der Waals surface area contributed by atoms with E-state index in [1.165, 1.54) is 12.1 Å². The third kappa shape index (κ3) is 3.76. The number of nitrogens with zero attached hydrogens (tertiary/aromatic N) is 2. The molecule has 1 aliphatic heterocycles. The van der Waals surface area contributed by atoms with E-state index < -0.39 is 5.82 Å². The quantitative estimate of drug-likeness (QED) is 0.744. The highest BCUT2D eigenvalue weighted by Crippen LogP contribution is 2.38. The Morgan fingerprint density at radius 1 is 1.33 bits per heavy atom. The van der Waals surface area contributed by atoms with Gasteiger partial charge in [0.15, 0.2) is 0 Å². The van der Waals surface area contributed by atoms with Crippen LogP contribution in [0.3, 0.4) is 0 Å². The van der Waals surface area contributed by atoms with Crippen LogP contribution in [0.1, 0.15) is 11.1 Å². The summed E-state index contributed by atoms with van der Waals surface area (Å²) in [6.45, 7) is 2.40. The molecule has 1 saturated heterocycles. The minimum atomic E-state index is -0.504. The number of aromatic nitrogens is 1. The monoisotopic (exact) mass is 379 g/mol. The second kappa shape index (κ2) is 7.97. The number of rotatable bonds is 4. The third-order valence-electron chi connectivity index (χ3n) is 4.68. The van der Waals surface area contributed by atoms with Crippen molar-refractivity contribution in [3.63, 3.8) is 0 Å². The molecule has 1 aliphatic rings. The van der Waals surface area contributed by atoms with E-state index in [0.29, 0.717) is 6.61 Å². The number of nitrogens with one attached hydrogen (secondary N) is 1. The molecule has 1 N–H and O–H groups in total. The summed E-state index contributed by atoms with van der Waals surface area (Å²) < 4.78 is 20.1. The van der Waals surface area contributed by atoms with Gasteiger partial charge in [-0.2, -0.15) is 5.26 Å². The molecular formula is C21H18FN3OS. The third-order valence-corrected chi connectivity index (χ3v) is 5.47. The maximum atomic E-state index is 14.2. The van der Waals surface area contributed by atoms with Crippen LogP contribution in [0, 0.1) is 17.1 Å². The standard InChI is InChI=1S/C21H18FN3OS/c22-19-9-14(4-5-16(19)10-23)18-3-1-2-15(8-17-11-24-6-7-26-17)21(18)20-12-25-13-27-20/h1-5,9,12-13,17,24H,6-8,11H2/t17-/m1/s1. The number of morpholine rings is 1. The van der Waals surface area contributed by atoms with Gasteiger partial charge in [0.25, 0.3) is 0 Å². The summed E-state index contributed by atoms with van der Waals surface area (Å²) in [5.41, 5.74) is 5.74.